The zero-order valence-corrected chi connectivity index (χ0v) is 19.9. The largest absolute Gasteiger partial charge is 0.342 e. The molecule has 0 saturated heterocycles. The summed E-state index contributed by atoms with van der Waals surface area (Å²) < 4.78 is 15.7. The third kappa shape index (κ3) is 5.98. The SMILES string of the molecule is CCn1c(SCC(=O)Nc2ccccc2C(C)C)nnc1C(C)NC(=O)c1ccccc1F. The Kier molecular flexibility index (Phi) is 8.21. The highest BCUT2D eigenvalue weighted by Crippen LogP contribution is 2.25. The molecule has 33 heavy (non-hydrogen) atoms. The third-order valence-electron chi connectivity index (χ3n) is 5.10. The van der Waals surface area contributed by atoms with Crippen LogP contribution in [0.1, 0.15) is 61.4 Å². The van der Waals surface area contributed by atoms with Crippen LogP contribution < -0.4 is 10.6 Å². The van der Waals surface area contributed by atoms with Crippen molar-refractivity contribution in [3.8, 4) is 0 Å². The van der Waals surface area contributed by atoms with Crippen LogP contribution in [0.4, 0.5) is 10.1 Å². The first-order valence-electron chi connectivity index (χ1n) is 10.8. The number of anilines is 1. The highest BCUT2D eigenvalue weighted by molar-refractivity contribution is 7.99. The first-order chi connectivity index (χ1) is 15.8. The fourth-order valence-corrected chi connectivity index (χ4v) is 4.25. The van der Waals surface area contributed by atoms with Crippen molar-refractivity contribution < 1.29 is 14.0 Å². The Morgan fingerprint density at radius 2 is 1.76 bits per heavy atom. The number of para-hydroxylation sites is 1. The Morgan fingerprint density at radius 1 is 1.06 bits per heavy atom. The van der Waals surface area contributed by atoms with Crippen LogP contribution in [0.5, 0.6) is 0 Å². The smallest absolute Gasteiger partial charge is 0.254 e. The zero-order valence-electron chi connectivity index (χ0n) is 19.1. The van der Waals surface area contributed by atoms with Crippen molar-refractivity contribution in [2.45, 2.75) is 51.4 Å². The molecule has 2 aromatic carbocycles. The Morgan fingerprint density at radius 3 is 2.45 bits per heavy atom. The second-order valence-electron chi connectivity index (χ2n) is 7.84. The molecule has 174 valence electrons. The van der Waals surface area contributed by atoms with Gasteiger partial charge in [-0.05, 0) is 43.5 Å². The summed E-state index contributed by atoms with van der Waals surface area (Å²) in [5.74, 6) is -0.248. The van der Waals surface area contributed by atoms with E-state index in [-0.39, 0.29) is 17.2 Å². The van der Waals surface area contributed by atoms with Crippen molar-refractivity contribution in [1.29, 1.82) is 0 Å². The molecule has 0 aliphatic carbocycles. The minimum Gasteiger partial charge on any atom is -0.342 e. The molecular formula is C24H28FN5O2S. The highest BCUT2D eigenvalue weighted by Gasteiger charge is 2.21. The summed E-state index contributed by atoms with van der Waals surface area (Å²) >= 11 is 1.27. The van der Waals surface area contributed by atoms with Crippen LogP contribution in [0, 0.1) is 5.82 Å². The van der Waals surface area contributed by atoms with E-state index >= 15 is 0 Å². The lowest BCUT2D eigenvalue weighted by Crippen LogP contribution is -2.29. The van der Waals surface area contributed by atoms with Gasteiger partial charge < -0.3 is 15.2 Å². The summed E-state index contributed by atoms with van der Waals surface area (Å²) in [6.45, 7) is 8.41. The summed E-state index contributed by atoms with van der Waals surface area (Å²) in [6.07, 6.45) is 0. The fourth-order valence-electron chi connectivity index (χ4n) is 3.44. The molecule has 3 aromatic rings. The number of thioether (sulfide) groups is 1. The number of carbonyl (C=O) groups is 2. The normalized spacial score (nSPS) is 11.9. The maximum absolute atomic E-state index is 13.9. The lowest BCUT2D eigenvalue weighted by Gasteiger charge is -2.15. The summed E-state index contributed by atoms with van der Waals surface area (Å²) in [5, 5.41) is 14.7. The van der Waals surface area contributed by atoms with Crippen molar-refractivity contribution in [2.75, 3.05) is 11.1 Å². The number of nitrogens with one attached hydrogen (secondary N) is 2. The van der Waals surface area contributed by atoms with Crippen molar-refractivity contribution in [3.05, 3.63) is 71.3 Å². The molecule has 0 aliphatic heterocycles. The lowest BCUT2D eigenvalue weighted by molar-refractivity contribution is -0.113. The van der Waals surface area contributed by atoms with Gasteiger partial charge >= 0.3 is 0 Å². The molecule has 0 saturated carbocycles. The Hall–Kier alpha value is -3.20. The van der Waals surface area contributed by atoms with Gasteiger partial charge in [0.15, 0.2) is 11.0 Å². The number of halogens is 1. The van der Waals surface area contributed by atoms with Gasteiger partial charge in [-0.15, -0.1) is 10.2 Å². The number of aromatic nitrogens is 3. The van der Waals surface area contributed by atoms with Gasteiger partial charge in [-0.2, -0.15) is 0 Å². The van der Waals surface area contributed by atoms with Crippen molar-refractivity contribution in [2.24, 2.45) is 0 Å². The number of nitrogens with zero attached hydrogens (tertiary/aromatic N) is 3. The molecule has 1 aromatic heterocycles. The van der Waals surface area contributed by atoms with Gasteiger partial charge in [0.2, 0.25) is 5.91 Å². The highest BCUT2D eigenvalue weighted by atomic mass is 32.2. The molecule has 2 N–H and O–H groups in total. The predicted molar refractivity (Wildman–Crippen MR) is 128 cm³/mol. The average molecular weight is 470 g/mol. The van der Waals surface area contributed by atoms with E-state index in [4.69, 9.17) is 0 Å². The van der Waals surface area contributed by atoms with Crippen LogP contribution in [0.25, 0.3) is 0 Å². The Bertz CT molecular complexity index is 1130. The van der Waals surface area contributed by atoms with E-state index in [0.29, 0.717) is 23.4 Å². The third-order valence-corrected chi connectivity index (χ3v) is 6.07. The molecule has 1 unspecified atom stereocenters. The first kappa shape index (κ1) is 24.4. The number of benzene rings is 2. The van der Waals surface area contributed by atoms with Crippen molar-refractivity contribution >= 4 is 29.3 Å². The van der Waals surface area contributed by atoms with Gasteiger partial charge in [-0.1, -0.05) is 55.9 Å². The second kappa shape index (κ2) is 11.1. The molecule has 0 radical (unpaired) electrons. The standard InChI is InChI=1S/C24H28FN5O2S/c1-5-30-22(16(4)26-23(32)18-11-6-8-12-19(18)25)28-29-24(30)33-14-21(31)27-20-13-9-7-10-17(20)15(2)3/h6-13,15-16H,5,14H2,1-4H3,(H,26,32)(H,27,31). The minimum atomic E-state index is -0.583. The molecule has 0 bridgehead atoms. The molecule has 2 amide bonds. The van der Waals surface area contributed by atoms with E-state index in [2.05, 4.69) is 34.7 Å². The van der Waals surface area contributed by atoms with E-state index in [0.717, 1.165) is 11.3 Å². The Balaban J connectivity index is 1.65. The van der Waals surface area contributed by atoms with Crippen LogP contribution in [-0.4, -0.2) is 32.3 Å². The quantitative estimate of drug-likeness (QED) is 0.440. The molecule has 0 fully saturated rings. The predicted octanol–water partition coefficient (Wildman–Crippen LogP) is 4.78. The summed E-state index contributed by atoms with van der Waals surface area (Å²) in [7, 11) is 0. The van der Waals surface area contributed by atoms with Crippen LogP contribution in [0.3, 0.4) is 0 Å². The molecule has 1 heterocycles. The van der Waals surface area contributed by atoms with E-state index in [1.165, 1.54) is 30.0 Å². The van der Waals surface area contributed by atoms with Crippen LogP contribution in [0.2, 0.25) is 0 Å². The lowest BCUT2D eigenvalue weighted by atomic mass is 10.0. The van der Waals surface area contributed by atoms with Gasteiger partial charge in [-0.3, -0.25) is 9.59 Å². The van der Waals surface area contributed by atoms with E-state index in [1.807, 2.05) is 35.8 Å². The summed E-state index contributed by atoms with van der Waals surface area (Å²) in [6, 6.07) is 13.1. The molecule has 9 heteroatoms. The molecular weight excluding hydrogens is 441 g/mol. The molecule has 1 atom stereocenters. The van der Waals surface area contributed by atoms with Crippen molar-refractivity contribution in [1.82, 2.24) is 20.1 Å². The van der Waals surface area contributed by atoms with E-state index in [9.17, 15) is 14.0 Å². The van der Waals surface area contributed by atoms with Crippen LogP contribution in [0.15, 0.2) is 53.7 Å². The van der Waals surface area contributed by atoms with Gasteiger partial charge in [0.05, 0.1) is 17.4 Å². The fraction of sp³-hybridized carbons (Fsp3) is 0.333. The first-order valence-corrected chi connectivity index (χ1v) is 11.8. The second-order valence-corrected chi connectivity index (χ2v) is 8.78. The number of rotatable bonds is 9. The van der Waals surface area contributed by atoms with E-state index < -0.39 is 17.8 Å². The molecule has 0 spiro atoms. The topological polar surface area (TPSA) is 88.9 Å². The monoisotopic (exact) mass is 469 g/mol. The van der Waals surface area contributed by atoms with Crippen molar-refractivity contribution in [3.63, 3.8) is 0 Å². The minimum absolute atomic E-state index is 0.0279. The number of amides is 2. The average Bonchev–Trinajstić information content (AvgIpc) is 3.21. The summed E-state index contributed by atoms with van der Waals surface area (Å²) in [5.41, 5.74) is 1.86. The maximum Gasteiger partial charge on any atom is 0.254 e. The Labute approximate surface area is 197 Å². The molecule has 7 nitrogen and oxygen atoms in total. The summed E-state index contributed by atoms with van der Waals surface area (Å²) in [4.78, 5) is 25.0. The number of hydrogen-bond acceptors (Lipinski definition) is 5. The van der Waals surface area contributed by atoms with E-state index in [1.54, 1.807) is 13.0 Å². The van der Waals surface area contributed by atoms with Gasteiger partial charge in [-0.25, -0.2) is 4.39 Å². The maximum atomic E-state index is 13.9. The molecule has 3 rings (SSSR count). The number of hydrogen-bond donors (Lipinski definition) is 2. The zero-order chi connectivity index (χ0) is 24.0. The molecule has 0 aliphatic rings. The number of carbonyl (C=O) groups excluding carboxylic acids is 2. The van der Waals surface area contributed by atoms with Gasteiger partial charge in [0, 0.05) is 12.2 Å². The van der Waals surface area contributed by atoms with Crippen LogP contribution >= 0.6 is 11.8 Å². The van der Waals surface area contributed by atoms with Gasteiger partial charge in [0.1, 0.15) is 5.82 Å². The van der Waals surface area contributed by atoms with Crippen LogP contribution in [-0.2, 0) is 11.3 Å². The van der Waals surface area contributed by atoms with Gasteiger partial charge in [0.25, 0.3) is 5.91 Å².